The average molecular weight is 268 g/mol. The Morgan fingerprint density at radius 1 is 1.39 bits per heavy atom. The van der Waals surface area contributed by atoms with Crippen LogP contribution in [0.3, 0.4) is 0 Å². The monoisotopic (exact) mass is 268 g/mol. The molecule has 0 aromatic heterocycles. The highest BCUT2D eigenvalue weighted by atomic mass is 32.2. The molecule has 0 atom stereocenters. The Kier molecular flexibility index (Phi) is 4.83. The molecular weight excluding hydrogens is 256 g/mol. The summed E-state index contributed by atoms with van der Waals surface area (Å²) in [5.41, 5.74) is 0.991. The van der Waals surface area contributed by atoms with E-state index in [2.05, 4.69) is 9.46 Å². The van der Waals surface area contributed by atoms with Gasteiger partial charge in [-0.15, -0.1) is 0 Å². The summed E-state index contributed by atoms with van der Waals surface area (Å²) in [6, 6.07) is 8.11. The number of benzene rings is 1. The number of sulfonamides is 1. The normalized spacial score (nSPS) is 10.7. The molecule has 1 rings (SSSR count). The molecule has 0 saturated carbocycles. The predicted octanol–water partition coefficient (Wildman–Crippen LogP) is 0.151. The van der Waals surface area contributed by atoms with Crippen molar-refractivity contribution in [3.05, 3.63) is 35.4 Å². The van der Waals surface area contributed by atoms with Gasteiger partial charge < -0.3 is 4.74 Å². The smallest absolute Gasteiger partial charge is 0.320 e. The van der Waals surface area contributed by atoms with E-state index in [0.29, 0.717) is 11.1 Å². The summed E-state index contributed by atoms with van der Waals surface area (Å²) in [7, 11) is -2.42. The van der Waals surface area contributed by atoms with Gasteiger partial charge in [-0.1, -0.05) is 12.1 Å². The Bertz CT molecular complexity index is 558. The molecule has 96 valence electrons. The Morgan fingerprint density at radius 3 is 2.50 bits per heavy atom. The molecule has 0 heterocycles. The van der Waals surface area contributed by atoms with Gasteiger partial charge in [-0.05, 0) is 17.7 Å². The number of esters is 1. The first-order chi connectivity index (χ1) is 8.46. The molecule has 18 heavy (non-hydrogen) atoms. The largest absolute Gasteiger partial charge is 0.468 e. The number of carbonyl (C=O) groups excluding carboxylic acids is 1. The van der Waals surface area contributed by atoms with Crippen molar-refractivity contribution in [3.63, 3.8) is 0 Å². The van der Waals surface area contributed by atoms with Crippen molar-refractivity contribution in [1.82, 2.24) is 4.72 Å². The van der Waals surface area contributed by atoms with Gasteiger partial charge in [0.05, 0.1) is 24.5 Å². The summed E-state index contributed by atoms with van der Waals surface area (Å²) < 4.78 is 29.6. The third-order valence-electron chi connectivity index (χ3n) is 2.10. The molecule has 0 radical (unpaired) electrons. The van der Waals surface area contributed by atoms with E-state index in [9.17, 15) is 13.2 Å². The van der Waals surface area contributed by atoms with Crippen molar-refractivity contribution in [2.75, 3.05) is 13.7 Å². The SMILES string of the molecule is COC(=O)CNS(=O)(=O)Cc1ccc(C#N)cc1. The second-order valence-electron chi connectivity index (χ2n) is 3.47. The Labute approximate surface area is 105 Å². The number of nitriles is 1. The summed E-state index contributed by atoms with van der Waals surface area (Å²) in [6.07, 6.45) is 0. The zero-order valence-corrected chi connectivity index (χ0v) is 10.5. The van der Waals surface area contributed by atoms with Gasteiger partial charge in [-0.25, -0.2) is 13.1 Å². The molecule has 0 amide bonds. The molecule has 0 aliphatic carbocycles. The fourth-order valence-corrected chi connectivity index (χ4v) is 2.26. The van der Waals surface area contributed by atoms with E-state index in [1.165, 1.54) is 19.2 Å². The van der Waals surface area contributed by atoms with Crippen molar-refractivity contribution in [3.8, 4) is 6.07 Å². The second kappa shape index (κ2) is 6.14. The van der Waals surface area contributed by atoms with Gasteiger partial charge in [-0.3, -0.25) is 4.79 Å². The van der Waals surface area contributed by atoms with Crippen LogP contribution in [-0.2, 0) is 25.3 Å². The Hall–Kier alpha value is -1.91. The maximum Gasteiger partial charge on any atom is 0.320 e. The van der Waals surface area contributed by atoms with E-state index in [-0.39, 0.29) is 5.75 Å². The second-order valence-corrected chi connectivity index (χ2v) is 5.27. The van der Waals surface area contributed by atoms with Crippen LogP contribution in [0.1, 0.15) is 11.1 Å². The number of nitrogens with zero attached hydrogens (tertiary/aromatic N) is 1. The first-order valence-electron chi connectivity index (χ1n) is 5.00. The van der Waals surface area contributed by atoms with Crippen LogP contribution in [0.4, 0.5) is 0 Å². The topological polar surface area (TPSA) is 96.3 Å². The lowest BCUT2D eigenvalue weighted by Gasteiger charge is -2.05. The molecule has 0 aliphatic rings. The fraction of sp³-hybridized carbons (Fsp3) is 0.273. The van der Waals surface area contributed by atoms with Gasteiger partial charge in [-0.2, -0.15) is 5.26 Å². The number of methoxy groups -OCH3 is 1. The number of hydrogen-bond donors (Lipinski definition) is 1. The summed E-state index contributed by atoms with van der Waals surface area (Å²) in [4.78, 5) is 10.8. The molecule has 1 N–H and O–H groups in total. The standard InChI is InChI=1S/C11H12N2O4S/c1-17-11(14)7-13-18(15,16)8-10-4-2-9(6-12)3-5-10/h2-5,13H,7-8H2,1H3. The number of nitrogens with one attached hydrogen (secondary N) is 1. The molecule has 0 saturated heterocycles. The minimum atomic E-state index is -3.59. The highest BCUT2D eigenvalue weighted by Crippen LogP contribution is 2.06. The van der Waals surface area contributed by atoms with Crippen molar-refractivity contribution in [2.24, 2.45) is 0 Å². The van der Waals surface area contributed by atoms with Crippen molar-refractivity contribution in [1.29, 1.82) is 5.26 Å². The third-order valence-corrected chi connectivity index (χ3v) is 3.40. The van der Waals surface area contributed by atoms with Crippen LogP contribution >= 0.6 is 0 Å². The van der Waals surface area contributed by atoms with Crippen LogP contribution in [0.15, 0.2) is 24.3 Å². The van der Waals surface area contributed by atoms with Crippen molar-refractivity contribution >= 4 is 16.0 Å². The first kappa shape index (κ1) is 14.2. The summed E-state index contributed by atoms with van der Waals surface area (Å²) in [5, 5.41) is 8.60. The zero-order chi connectivity index (χ0) is 13.6. The maximum absolute atomic E-state index is 11.6. The molecule has 7 heteroatoms. The third kappa shape index (κ3) is 4.53. The molecule has 0 spiro atoms. The number of carbonyl (C=O) groups is 1. The summed E-state index contributed by atoms with van der Waals surface area (Å²) in [6.45, 7) is -0.394. The van der Waals surface area contributed by atoms with E-state index < -0.39 is 22.5 Å². The predicted molar refractivity (Wildman–Crippen MR) is 63.8 cm³/mol. The lowest BCUT2D eigenvalue weighted by atomic mass is 10.2. The van der Waals surface area contributed by atoms with Crippen molar-refractivity contribution in [2.45, 2.75) is 5.75 Å². The van der Waals surface area contributed by atoms with Gasteiger partial charge >= 0.3 is 5.97 Å². The van der Waals surface area contributed by atoms with E-state index in [1.54, 1.807) is 12.1 Å². The highest BCUT2D eigenvalue weighted by molar-refractivity contribution is 7.88. The van der Waals surface area contributed by atoms with Gasteiger partial charge in [0.15, 0.2) is 0 Å². The maximum atomic E-state index is 11.6. The number of rotatable bonds is 5. The lowest BCUT2D eigenvalue weighted by Crippen LogP contribution is -2.31. The molecule has 1 aromatic rings. The Balaban J connectivity index is 2.65. The molecule has 0 aliphatic heterocycles. The van der Waals surface area contributed by atoms with Gasteiger partial charge in [0.25, 0.3) is 0 Å². The van der Waals surface area contributed by atoms with Gasteiger partial charge in [0, 0.05) is 0 Å². The van der Waals surface area contributed by atoms with E-state index in [4.69, 9.17) is 5.26 Å². The van der Waals surface area contributed by atoms with Gasteiger partial charge in [0.1, 0.15) is 6.54 Å². The van der Waals surface area contributed by atoms with E-state index in [0.717, 1.165) is 0 Å². The highest BCUT2D eigenvalue weighted by Gasteiger charge is 2.13. The Morgan fingerprint density at radius 2 is 2.00 bits per heavy atom. The van der Waals surface area contributed by atoms with Crippen LogP contribution in [0.5, 0.6) is 0 Å². The first-order valence-corrected chi connectivity index (χ1v) is 6.65. The molecule has 6 nitrogen and oxygen atoms in total. The minimum Gasteiger partial charge on any atom is -0.468 e. The molecule has 1 aromatic carbocycles. The van der Waals surface area contributed by atoms with Crippen LogP contribution in [-0.4, -0.2) is 28.0 Å². The lowest BCUT2D eigenvalue weighted by molar-refractivity contribution is -0.139. The summed E-state index contributed by atoms with van der Waals surface area (Å²) in [5.74, 6) is -0.909. The van der Waals surface area contributed by atoms with E-state index >= 15 is 0 Å². The van der Waals surface area contributed by atoms with Crippen molar-refractivity contribution < 1.29 is 17.9 Å². The molecule has 0 bridgehead atoms. The molecule has 0 fully saturated rings. The van der Waals surface area contributed by atoms with Crippen LogP contribution in [0, 0.1) is 11.3 Å². The molecule has 0 unspecified atom stereocenters. The minimum absolute atomic E-state index is 0.254. The fourth-order valence-electron chi connectivity index (χ4n) is 1.19. The summed E-state index contributed by atoms with van der Waals surface area (Å²) >= 11 is 0. The van der Waals surface area contributed by atoms with Gasteiger partial charge in [0.2, 0.25) is 10.0 Å². The van der Waals surface area contributed by atoms with E-state index in [1.807, 2.05) is 6.07 Å². The average Bonchev–Trinajstić information content (AvgIpc) is 2.36. The zero-order valence-electron chi connectivity index (χ0n) is 9.71. The number of hydrogen-bond acceptors (Lipinski definition) is 5. The van der Waals surface area contributed by atoms with Crippen LogP contribution in [0.2, 0.25) is 0 Å². The van der Waals surface area contributed by atoms with Crippen LogP contribution < -0.4 is 4.72 Å². The molecular formula is C11H12N2O4S. The quantitative estimate of drug-likeness (QED) is 0.767. The number of ether oxygens (including phenoxy) is 1. The van der Waals surface area contributed by atoms with Crippen LogP contribution in [0.25, 0.3) is 0 Å².